The van der Waals surface area contributed by atoms with Crippen molar-refractivity contribution in [3.05, 3.63) is 28.5 Å². The summed E-state index contributed by atoms with van der Waals surface area (Å²) in [7, 11) is 0. The Morgan fingerprint density at radius 3 is 2.65 bits per heavy atom. The Balaban J connectivity index is 2.21. The van der Waals surface area contributed by atoms with Gasteiger partial charge in [0.25, 0.3) is 0 Å². The number of nitrogens with zero attached hydrogens (tertiary/aromatic N) is 1. The lowest BCUT2D eigenvalue weighted by Gasteiger charge is -2.01. The zero-order chi connectivity index (χ0) is 12.5. The summed E-state index contributed by atoms with van der Waals surface area (Å²) in [5, 5.41) is 0. The molecule has 0 aliphatic carbocycles. The van der Waals surface area contributed by atoms with E-state index in [1.807, 2.05) is 6.07 Å². The fraction of sp³-hybridized carbons (Fsp3) is 0.571. The van der Waals surface area contributed by atoms with E-state index in [2.05, 4.69) is 27.8 Å². The van der Waals surface area contributed by atoms with E-state index in [-0.39, 0.29) is 5.78 Å². The fourth-order valence-electron chi connectivity index (χ4n) is 1.75. The van der Waals surface area contributed by atoms with E-state index in [4.69, 9.17) is 0 Å². The highest BCUT2D eigenvalue weighted by Crippen LogP contribution is 2.13. The van der Waals surface area contributed by atoms with Crippen molar-refractivity contribution in [3.8, 4) is 0 Å². The Hall–Kier alpha value is -0.700. The maximum absolute atomic E-state index is 11.8. The fourth-order valence-corrected chi connectivity index (χ4v) is 2.09. The average Bonchev–Trinajstić information content (AvgIpc) is 2.33. The quantitative estimate of drug-likeness (QED) is 0.511. The molecule has 17 heavy (non-hydrogen) atoms. The summed E-state index contributed by atoms with van der Waals surface area (Å²) in [4.78, 5) is 15.9. The Labute approximate surface area is 112 Å². The van der Waals surface area contributed by atoms with Gasteiger partial charge in [0, 0.05) is 17.1 Å². The number of carbonyl (C=O) groups is 1. The van der Waals surface area contributed by atoms with Crippen LogP contribution in [0.4, 0.5) is 0 Å². The van der Waals surface area contributed by atoms with Crippen LogP contribution in [0.2, 0.25) is 0 Å². The highest BCUT2D eigenvalue weighted by molar-refractivity contribution is 9.10. The molecular weight excluding hydrogens is 278 g/mol. The lowest BCUT2D eigenvalue weighted by molar-refractivity contribution is 0.0974. The van der Waals surface area contributed by atoms with E-state index in [1.165, 1.54) is 25.7 Å². The molecule has 1 aromatic rings. The number of pyridine rings is 1. The molecule has 0 aliphatic heterocycles. The van der Waals surface area contributed by atoms with Gasteiger partial charge in [-0.2, -0.15) is 0 Å². The van der Waals surface area contributed by atoms with E-state index in [9.17, 15) is 4.79 Å². The molecule has 0 radical (unpaired) electrons. The van der Waals surface area contributed by atoms with E-state index in [0.29, 0.717) is 12.1 Å². The van der Waals surface area contributed by atoms with Crippen molar-refractivity contribution in [2.24, 2.45) is 0 Å². The molecule has 0 unspecified atom stereocenters. The molecule has 0 spiro atoms. The number of hydrogen-bond donors (Lipinski definition) is 0. The van der Waals surface area contributed by atoms with Crippen molar-refractivity contribution in [3.63, 3.8) is 0 Å². The summed E-state index contributed by atoms with van der Waals surface area (Å²) in [5.41, 5.74) is 0.577. The Morgan fingerprint density at radius 1 is 1.24 bits per heavy atom. The highest BCUT2D eigenvalue weighted by atomic mass is 79.9. The maximum Gasteiger partial charge on any atom is 0.181 e. The SMILES string of the molecule is CCCCCCCCC(=O)c1cc(Br)ccn1. The second-order valence-electron chi connectivity index (χ2n) is 4.30. The summed E-state index contributed by atoms with van der Waals surface area (Å²) in [6, 6.07) is 3.63. The number of carbonyl (C=O) groups excluding carboxylic acids is 1. The molecule has 0 aliphatic rings. The van der Waals surface area contributed by atoms with Crippen molar-refractivity contribution in [2.45, 2.75) is 51.9 Å². The third-order valence-corrected chi connectivity index (χ3v) is 3.26. The van der Waals surface area contributed by atoms with E-state index >= 15 is 0 Å². The van der Waals surface area contributed by atoms with Gasteiger partial charge in [-0.05, 0) is 18.6 Å². The van der Waals surface area contributed by atoms with Gasteiger partial charge < -0.3 is 0 Å². The standard InChI is InChI=1S/C14H20BrNO/c1-2-3-4-5-6-7-8-14(17)13-11-12(15)9-10-16-13/h9-11H,2-8H2,1H3. The molecule has 0 saturated heterocycles. The number of aromatic nitrogens is 1. The maximum atomic E-state index is 11.8. The zero-order valence-corrected chi connectivity index (χ0v) is 12.0. The Morgan fingerprint density at radius 2 is 1.94 bits per heavy atom. The minimum Gasteiger partial charge on any atom is -0.292 e. The minimum atomic E-state index is 0.154. The van der Waals surface area contributed by atoms with Gasteiger partial charge in [0.15, 0.2) is 5.78 Å². The van der Waals surface area contributed by atoms with Crippen molar-refractivity contribution < 1.29 is 4.79 Å². The normalized spacial score (nSPS) is 10.5. The molecular formula is C14H20BrNO. The molecule has 0 aromatic carbocycles. The zero-order valence-electron chi connectivity index (χ0n) is 10.4. The molecule has 0 amide bonds. The molecule has 2 nitrogen and oxygen atoms in total. The number of Topliss-reactive ketones (excluding diaryl/α,β-unsaturated/α-hetero) is 1. The topological polar surface area (TPSA) is 30.0 Å². The number of hydrogen-bond acceptors (Lipinski definition) is 2. The summed E-state index contributed by atoms with van der Waals surface area (Å²) < 4.78 is 0.916. The predicted octanol–water partition coefficient (Wildman–Crippen LogP) is 4.78. The van der Waals surface area contributed by atoms with Gasteiger partial charge in [-0.3, -0.25) is 9.78 Å². The van der Waals surface area contributed by atoms with Crippen molar-refractivity contribution in [1.82, 2.24) is 4.98 Å². The number of ketones is 1. The number of unbranched alkanes of at least 4 members (excludes halogenated alkanes) is 5. The van der Waals surface area contributed by atoms with Crippen molar-refractivity contribution in [1.29, 1.82) is 0 Å². The van der Waals surface area contributed by atoms with Gasteiger partial charge in [0.05, 0.1) is 0 Å². The van der Waals surface area contributed by atoms with Crippen molar-refractivity contribution in [2.75, 3.05) is 0 Å². The second kappa shape index (κ2) is 8.40. The van der Waals surface area contributed by atoms with Gasteiger partial charge in [0.1, 0.15) is 5.69 Å². The summed E-state index contributed by atoms with van der Waals surface area (Å²) in [6.45, 7) is 2.21. The van der Waals surface area contributed by atoms with Crippen LogP contribution < -0.4 is 0 Å². The Kier molecular flexibility index (Phi) is 7.10. The molecule has 94 valence electrons. The van der Waals surface area contributed by atoms with Crippen LogP contribution in [0, 0.1) is 0 Å². The lowest BCUT2D eigenvalue weighted by atomic mass is 10.1. The third-order valence-electron chi connectivity index (χ3n) is 2.77. The van der Waals surface area contributed by atoms with Gasteiger partial charge in [-0.15, -0.1) is 0 Å². The molecule has 0 saturated carbocycles. The summed E-state index contributed by atoms with van der Waals surface area (Å²) in [6.07, 6.45) is 9.53. The second-order valence-corrected chi connectivity index (χ2v) is 5.22. The van der Waals surface area contributed by atoms with Crippen LogP contribution in [0.1, 0.15) is 62.4 Å². The third kappa shape index (κ3) is 5.97. The highest BCUT2D eigenvalue weighted by Gasteiger charge is 2.06. The summed E-state index contributed by atoms with van der Waals surface area (Å²) in [5.74, 6) is 0.154. The number of halogens is 1. The van der Waals surface area contributed by atoms with Crippen molar-refractivity contribution >= 4 is 21.7 Å². The van der Waals surface area contributed by atoms with E-state index < -0.39 is 0 Å². The van der Waals surface area contributed by atoms with Crippen LogP contribution in [0.5, 0.6) is 0 Å². The largest absolute Gasteiger partial charge is 0.292 e. The van der Waals surface area contributed by atoms with Gasteiger partial charge >= 0.3 is 0 Å². The molecule has 1 heterocycles. The monoisotopic (exact) mass is 297 g/mol. The molecule has 3 heteroatoms. The smallest absolute Gasteiger partial charge is 0.181 e. The number of rotatable bonds is 8. The molecule has 0 N–H and O–H groups in total. The average molecular weight is 298 g/mol. The van der Waals surface area contributed by atoms with Crippen LogP contribution in [-0.2, 0) is 0 Å². The first kappa shape index (κ1) is 14.4. The molecule has 1 rings (SSSR count). The van der Waals surface area contributed by atoms with Crippen LogP contribution in [0.25, 0.3) is 0 Å². The molecule has 0 bridgehead atoms. The molecule has 0 atom stereocenters. The van der Waals surface area contributed by atoms with E-state index in [1.54, 1.807) is 12.3 Å². The van der Waals surface area contributed by atoms with Crippen LogP contribution in [0.3, 0.4) is 0 Å². The summed E-state index contributed by atoms with van der Waals surface area (Å²) >= 11 is 3.35. The molecule has 1 aromatic heterocycles. The first-order chi connectivity index (χ1) is 8.24. The molecule has 0 fully saturated rings. The first-order valence-electron chi connectivity index (χ1n) is 6.38. The first-order valence-corrected chi connectivity index (χ1v) is 7.18. The van der Waals surface area contributed by atoms with Gasteiger partial charge in [0.2, 0.25) is 0 Å². The van der Waals surface area contributed by atoms with Crippen LogP contribution in [0.15, 0.2) is 22.8 Å². The van der Waals surface area contributed by atoms with Gasteiger partial charge in [-0.25, -0.2) is 0 Å². The van der Waals surface area contributed by atoms with Crippen LogP contribution >= 0.6 is 15.9 Å². The Bertz CT molecular complexity index is 352. The lowest BCUT2D eigenvalue weighted by Crippen LogP contribution is -2.01. The van der Waals surface area contributed by atoms with E-state index in [0.717, 1.165) is 17.3 Å². The van der Waals surface area contributed by atoms with Gasteiger partial charge in [-0.1, -0.05) is 55.0 Å². The minimum absolute atomic E-state index is 0.154. The predicted molar refractivity (Wildman–Crippen MR) is 74.3 cm³/mol. The van der Waals surface area contributed by atoms with Crippen LogP contribution in [-0.4, -0.2) is 10.8 Å².